The van der Waals surface area contributed by atoms with Gasteiger partial charge in [0.1, 0.15) is 23.9 Å². The fourth-order valence-corrected chi connectivity index (χ4v) is 5.07. The van der Waals surface area contributed by atoms with Gasteiger partial charge in [-0.15, -0.1) is 0 Å². The number of anilines is 2. The van der Waals surface area contributed by atoms with E-state index in [4.69, 9.17) is 9.47 Å². The first kappa shape index (κ1) is 24.5. The molecule has 3 heterocycles. The first-order valence-electron chi connectivity index (χ1n) is 12.8. The Kier molecular flexibility index (Phi) is 5.98. The highest BCUT2D eigenvalue weighted by atomic mass is 16.5. The topological polar surface area (TPSA) is 108 Å². The average Bonchev–Trinajstić information content (AvgIpc) is 3.47. The van der Waals surface area contributed by atoms with Gasteiger partial charge in [0.25, 0.3) is 5.78 Å². The van der Waals surface area contributed by atoms with E-state index in [1.54, 1.807) is 42.5 Å². The molecule has 198 valence electrons. The zero-order valence-electron chi connectivity index (χ0n) is 21.8. The van der Waals surface area contributed by atoms with E-state index in [2.05, 4.69) is 9.97 Å². The molecule has 2 aliphatic heterocycles. The van der Waals surface area contributed by atoms with Crippen LogP contribution in [0.3, 0.4) is 0 Å². The molecule has 6 rings (SSSR count). The number of para-hydroxylation sites is 2. The van der Waals surface area contributed by atoms with Gasteiger partial charge in [0.2, 0.25) is 5.95 Å². The Balaban J connectivity index is 1.51. The summed E-state index contributed by atoms with van der Waals surface area (Å²) in [5, 5.41) is 11.6. The number of amides is 1. The van der Waals surface area contributed by atoms with Crippen LogP contribution in [0.15, 0.2) is 72.3 Å². The predicted molar refractivity (Wildman–Crippen MR) is 148 cm³/mol. The number of hydrogen-bond donors (Lipinski definition) is 2. The molecule has 1 aromatic heterocycles. The fraction of sp³-hybridized carbons (Fsp3) is 0.233. The van der Waals surface area contributed by atoms with Crippen molar-refractivity contribution >= 4 is 40.1 Å². The molecule has 4 aromatic rings. The van der Waals surface area contributed by atoms with Crippen LogP contribution in [0.1, 0.15) is 31.0 Å². The van der Waals surface area contributed by atoms with Crippen molar-refractivity contribution in [2.75, 3.05) is 30.0 Å². The number of nitrogens with zero attached hydrogens (tertiary/aromatic N) is 3. The lowest BCUT2D eigenvalue weighted by atomic mass is 9.95. The van der Waals surface area contributed by atoms with Gasteiger partial charge in [0.15, 0.2) is 0 Å². The first-order chi connectivity index (χ1) is 18.8. The van der Waals surface area contributed by atoms with E-state index in [0.717, 1.165) is 11.2 Å². The number of carbonyl (C=O) groups excluding carboxylic acids is 2. The Morgan fingerprint density at radius 2 is 1.87 bits per heavy atom. The van der Waals surface area contributed by atoms with E-state index < -0.39 is 17.7 Å². The van der Waals surface area contributed by atoms with Gasteiger partial charge in [0.05, 0.1) is 41.0 Å². The van der Waals surface area contributed by atoms with Crippen LogP contribution in [-0.2, 0) is 9.59 Å². The molecular weight excluding hydrogens is 496 g/mol. The Hall–Kier alpha value is -4.79. The maximum Gasteiger partial charge on any atom is 0.302 e. The Morgan fingerprint density at radius 1 is 1.10 bits per heavy atom. The highest BCUT2D eigenvalue weighted by molar-refractivity contribution is 6.51. The number of aliphatic hydroxyl groups is 1. The number of benzene rings is 3. The van der Waals surface area contributed by atoms with Gasteiger partial charge in [-0.05, 0) is 61.9 Å². The summed E-state index contributed by atoms with van der Waals surface area (Å²) in [6.45, 7) is 5.13. The van der Waals surface area contributed by atoms with E-state index in [9.17, 15) is 14.7 Å². The largest absolute Gasteiger partial charge is 0.507 e. The highest BCUT2D eigenvalue weighted by Crippen LogP contribution is 2.43. The molecule has 0 spiro atoms. The van der Waals surface area contributed by atoms with E-state index in [0.29, 0.717) is 41.3 Å². The fourth-order valence-electron chi connectivity index (χ4n) is 5.07. The lowest BCUT2D eigenvalue weighted by molar-refractivity contribution is -0.132. The van der Waals surface area contributed by atoms with Crippen LogP contribution in [0.25, 0.3) is 16.8 Å². The Bertz CT molecular complexity index is 1590. The van der Waals surface area contributed by atoms with Gasteiger partial charge in [-0.25, -0.2) is 4.98 Å². The maximum absolute atomic E-state index is 13.6. The number of ketones is 1. The highest BCUT2D eigenvalue weighted by Gasteiger charge is 2.48. The minimum absolute atomic E-state index is 0.0110. The lowest BCUT2D eigenvalue weighted by Gasteiger charge is -2.28. The number of imidazole rings is 1. The second-order valence-corrected chi connectivity index (χ2v) is 9.93. The van der Waals surface area contributed by atoms with E-state index in [-0.39, 0.29) is 23.4 Å². The third-order valence-corrected chi connectivity index (χ3v) is 6.94. The van der Waals surface area contributed by atoms with Crippen molar-refractivity contribution in [1.29, 1.82) is 0 Å². The number of hydrogen-bond acceptors (Lipinski definition) is 7. The first-order valence-corrected chi connectivity index (χ1v) is 12.8. The predicted octanol–water partition coefficient (Wildman–Crippen LogP) is 4.81. The molecule has 1 fully saturated rings. The molecule has 1 unspecified atom stereocenters. The molecule has 2 aliphatic rings. The summed E-state index contributed by atoms with van der Waals surface area (Å²) in [4.78, 5) is 38.2. The third kappa shape index (κ3) is 4.25. The third-order valence-electron chi connectivity index (χ3n) is 6.94. The average molecular weight is 525 g/mol. The number of rotatable bonds is 5. The number of fused-ring (bicyclic) bond motifs is 2. The van der Waals surface area contributed by atoms with Crippen molar-refractivity contribution in [3.8, 4) is 11.5 Å². The van der Waals surface area contributed by atoms with Crippen LogP contribution in [0, 0.1) is 0 Å². The second-order valence-electron chi connectivity index (χ2n) is 9.93. The van der Waals surface area contributed by atoms with Gasteiger partial charge in [-0.3, -0.25) is 14.5 Å². The number of ether oxygens (including phenoxy) is 2. The van der Waals surface area contributed by atoms with E-state index in [1.165, 1.54) is 4.90 Å². The Labute approximate surface area is 225 Å². The van der Waals surface area contributed by atoms with Crippen molar-refractivity contribution in [3.63, 3.8) is 0 Å². The molecule has 1 saturated heterocycles. The van der Waals surface area contributed by atoms with E-state index >= 15 is 0 Å². The van der Waals surface area contributed by atoms with Crippen LogP contribution in [-0.4, -0.2) is 53.1 Å². The summed E-state index contributed by atoms with van der Waals surface area (Å²) >= 11 is 0. The minimum Gasteiger partial charge on any atom is -0.507 e. The summed E-state index contributed by atoms with van der Waals surface area (Å²) in [7, 11) is 1.94. The van der Waals surface area contributed by atoms with Crippen molar-refractivity contribution in [3.05, 3.63) is 83.4 Å². The molecule has 0 aliphatic carbocycles. The van der Waals surface area contributed by atoms with Gasteiger partial charge in [-0.1, -0.05) is 24.3 Å². The van der Waals surface area contributed by atoms with Crippen LogP contribution in [0.5, 0.6) is 11.5 Å². The molecule has 1 amide bonds. The Morgan fingerprint density at radius 3 is 2.62 bits per heavy atom. The molecule has 9 nitrogen and oxygen atoms in total. The molecular formula is C30H28N4O5. The number of H-pyrrole nitrogens is 1. The number of aliphatic hydroxyl groups excluding tert-OH is 1. The quantitative estimate of drug-likeness (QED) is 0.219. The SMILES string of the molecule is CC(C)Oc1ccc(C2/C(=C(\O)c3ccc4c(c3)N(C)CCO4)C(=O)C(=O)N2c2nc3ccccc3[nH]2)cc1. The van der Waals surface area contributed by atoms with Crippen molar-refractivity contribution in [2.24, 2.45) is 0 Å². The number of Topliss-reactive ketones (excluding diaryl/α,β-unsaturated/α-hetero) is 1. The number of likely N-dealkylation sites (N-methyl/N-ethyl adjacent to an activating group) is 1. The summed E-state index contributed by atoms with van der Waals surface area (Å²) < 4.78 is 11.5. The van der Waals surface area contributed by atoms with E-state index in [1.807, 2.05) is 50.1 Å². The smallest absolute Gasteiger partial charge is 0.302 e. The number of carbonyl (C=O) groups is 2. The number of aromatic amines is 1. The zero-order chi connectivity index (χ0) is 27.3. The summed E-state index contributed by atoms with van der Waals surface area (Å²) in [6.07, 6.45) is -0.0110. The molecule has 0 radical (unpaired) electrons. The van der Waals surface area contributed by atoms with Gasteiger partial charge < -0.3 is 24.5 Å². The van der Waals surface area contributed by atoms with Crippen molar-refractivity contribution in [2.45, 2.75) is 26.0 Å². The van der Waals surface area contributed by atoms with Gasteiger partial charge in [-0.2, -0.15) is 0 Å². The molecule has 1 atom stereocenters. The monoisotopic (exact) mass is 524 g/mol. The summed E-state index contributed by atoms with van der Waals surface area (Å²) in [6, 6.07) is 18.9. The van der Waals surface area contributed by atoms with Crippen LogP contribution < -0.4 is 19.3 Å². The van der Waals surface area contributed by atoms with Crippen LogP contribution in [0.2, 0.25) is 0 Å². The zero-order valence-corrected chi connectivity index (χ0v) is 21.8. The molecule has 2 N–H and O–H groups in total. The van der Waals surface area contributed by atoms with Crippen molar-refractivity contribution in [1.82, 2.24) is 9.97 Å². The number of aromatic nitrogens is 2. The number of nitrogens with one attached hydrogen (secondary N) is 1. The standard InChI is InChI=1S/C30H28N4O5/c1-17(2)39-20-11-8-18(9-12-20)26-25(27(35)19-10-13-24-23(16-19)33(3)14-15-38-24)28(36)29(37)34(26)30-31-21-6-4-5-7-22(21)32-30/h4-13,16-17,26,35H,14-15H2,1-3H3,(H,31,32)/b27-25+. The summed E-state index contributed by atoms with van der Waals surface area (Å²) in [5.74, 6) is -0.249. The molecule has 9 heteroatoms. The normalized spacial score (nSPS) is 18.5. The molecule has 3 aromatic carbocycles. The summed E-state index contributed by atoms with van der Waals surface area (Å²) in [5.41, 5.74) is 3.21. The molecule has 0 bridgehead atoms. The van der Waals surface area contributed by atoms with Gasteiger partial charge in [0, 0.05) is 12.6 Å². The van der Waals surface area contributed by atoms with Gasteiger partial charge >= 0.3 is 5.91 Å². The molecule has 0 saturated carbocycles. The maximum atomic E-state index is 13.6. The van der Waals surface area contributed by atoms with Crippen LogP contribution in [0.4, 0.5) is 11.6 Å². The second kappa shape index (κ2) is 9.50. The minimum atomic E-state index is -0.913. The lowest BCUT2D eigenvalue weighted by Crippen LogP contribution is -2.30. The van der Waals surface area contributed by atoms with Crippen LogP contribution >= 0.6 is 0 Å². The molecule has 39 heavy (non-hydrogen) atoms. The van der Waals surface area contributed by atoms with Crippen molar-refractivity contribution < 1.29 is 24.2 Å².